The Kier molecular flexibility index (Phi) is 5.71. The van der Waals surface area contributed by atoms with E-state index in [2.05, 4.69) is 31.0 Å². The molecular formula is C21H22N8O3. The minimum absolute atomic E-state index is 0.233. The van der Waals surface area contributed by atoms with E-state index in [4.69, 9.17) is 4.74 Å². The van der Waals surface area contributed by atoms with Gasteiger partial charge < -0.3 is 15.4 Å². The van der Waals surface area contributed by atoms with Crippen LogP contribution in [0, 0.1) is 0 Å². The monoisotopic (exact) mass is 434 g/mol. The highest BCUT2D eigenvalue weighted by molar-refractivity contribution is 6.07. The van der Waals surface area contributed by atoms with Crippen molar-refractivity contribution in [3.8, 4) is 17.0 Å². The molecule has 3 aromatic heterocycles. The van der Waals surface area contributed by atoms with Crippen LogP contribution >= 0.6 is 0 Å². The SMILES string of the molecule is COc1ccc(-c2cc(C(=O)Nc3cnn(C)c3C(=O)NCc3cnn(C)c3)[nH]n2)cc1. The number of hydrogen-bond donors (Lipinski definition) is 3. The molecule has 4 rings (SSSR count). The molecule has 11 nitrogen and oxygen atoms in total. The van der Waals surface area contributed by atoms with Gasteiger partial charge >= 0.3 is 0 Å². The number of benzene rings is 1. The topological polar surface area (TPSA) is 132 Å². The third-order valence-corrected chi connectivity index (χ3v) is 4.82. The molecule has 32 heavy (non-hydrogen) atoms. The van der Waals surface area contributed by atoms with Gasteiger partial charge in [-0.3, -0.25) is 24.1 Å². The second-order valence-electron chi connectivity index (χ2n) is 7.08. The van der Waals surface area contributed by atoms with E-state index in [1.807, 2.05) is 30.5 Å². The number of aryl methyl sites for hydroxylation is 2. The van der Waals surface area contributed by atoms with Crippen LogP contribution in [0.1, 0.15) is 26.5 Å². The van der Waals surface area contributed by atoms with Crippen molar-refractivity contribution in [2.45, 2.75) is 6.54 Å². The van der Waals surface area contributed by atoms with E-state index in [0.29, 0.717) is 17.9 Å². The van der Waals surface area contributed by atoms with Crippen LogP contribution in [0.2, 0.25) is 0 Å². The molecule has 0 atom stereocenters. The van der Waals surface area contributed by atoms with Crippen LogP contribution in [0.4, 0.5) is 5.69 Å². The third-order valence-electron chi connectivity index (χ3n) is 4.82. The smallest absolute Gasteiger partial charge is 0.273 e. The molecule has 0 spiro atoms. The number of rotatable bonds is 7. The molecule has 2 amide bonds. The fourth-order valence-electron chi connectivity index (χ4n) is 3.16. The fourth-order valence-corrected chi connectivity index (χ4v) is 3.16. The van der Waals surface area contributed by atoms with Crippen LogP contribution in [0.3, 0.4) is 0 Å². The number of anilines is 1. The number of amides is 2. The molecule has 0 fully saturated rings. The van der Waals surface area contributed by atoms with Crippen LogP contribution in [-0.4, -0.2) is 48.7 Å². The second kappa shape index (κ2) is 8.76. The summed E-state index contributed by atoms with van der Waals surface area (Å²) >= 11 is 0. The van der Waals surface area contributed by atoms with Crippen LogP contribution < -0.4 is 15.4 Å². The number of aromatic nitrogens is 6. The van der Waals surface area contributed by atoms with Crippen molar-refractivity contribution in [2.24, 2.45) is 14.1 Å². The molecule has 0 bridgehead atoms. The number of aromatic amines is 1. The maximum atomic E-state index is 12.7. The number of nitrogens with zero attached hydrogens (tertiary/aromatic N) is 5. The molecule has 0 aliphatic rings. The number of carbonyl (C=O) groups is 2. The summed E-state index contributed by atoms with van der Waals surface area (Å²) in [5, 5.41) is 20.6. The zero-order valence-corrected chi connectivity index (χ0v) is 17.8. The highest BCUT2D eigenvalue weighted by Crippen LogP contribution is 2.22. The first-order valence-corrected chi connectivity index (χ1v) is 9.73. The summed E-state index contributed by atoms with van der Waals surface area (Å²) in [6, 6.07) is 8.96. The highest BCUT2D eigenvalue weighted by Gasteiger charge is 2.20. The van der Waals surface area contributed by atoms with Gasteiger partial charge in [-0.1, -0.05) is 0 Å². The van der Waals surface area contributed by atoms with Gasteiger partial charge in [0, 0.05) is 38.0 Å². The number of H-pyrrole nitrogens is 1. The molecule has 11 heteroatoms. The zero-order valence-electron chi connectivity index (χ0n) is 17.8. The fraction of sp³-hybridized carbons (Fsp3) is 0.190. The Morgan fingerprint density at radius 3 is 2.56 bits per heavy atom. The van der Waals surface area contributed by atoms with Gasteiger partial charge in [0.05, 0.1) is 30.9 Å². The molecule has 0 saturated heterocycles. The maximum absolute atomic E-state index is 12.7. The summed E-state index contributed by atoms with van der Waals surface area (Å²) in [6.45, 7) is 0.303. The van der Waals surface area contributed by atoms with Crippen molar-refractivity contribution in [2.75, 3.05) is 12.4 Å². The first kappa shape index (κ1) is 20.8. The highest BCUT2D eigenvalue weighted by atomic mass is 16.5. The Balaban J connectivity index is 1.45. The Labute approximate surface area is 183 Å². The lowest BCUT2D eigenvalue weighted by molar-refractivity contribution is 0.0942. The molecule has 1 aromatic carbocycles. The van der Waals surface area contributed by atoms with Crippen molar-refractivity contribution in [3.05, 3.63) is 65.9 Å². The van der Waals surface area contributed by atoms with Crippen molar-refractivity contribution >= 4 is 17.5 Å². The predicted octanol–water partition coefficient (Wildman–Crippen LogP) is 1.73. The summed E-state index contributed by atoms with van der Waals surface area (Å²) in [4.78, 5) is 25.4. The van der Waals surface area contributed by atoms with Gasteiger partial charge in [-0.25, -0.2) is 0 Å². The van der Waals surface area contributed by atoms with E-state index >= 15 is 0 Å². The van der Waals surface area contributed by atoms with Gasteiger partial charge in [-0.05, 0) is 30.3 Å². The minimum Gasteiger partial charge on any atom is -0.497 e. The lowest BCUT2D eigenvalue weighted by Gasteiger charge is -2.08. The van der Waals surface area contributed by atoms with Crippen molar-refractivity contribution < 1.29 is 14.3 Å². The van der Waals surface area contributed by atoms with Crippen LogP contribution in [0.5, 0.6) is 5.75 Å². The van der Waals surface area contributed by atoms with Gasteiger partial charge in [0.25, 0.3) is 11.8 Å². The number of carbonyl (C=O) groups excluding carboxylic acids is 2. The van der Waals surface area contributed by atoms with Crippen molar-refractivity contribution in [1.29, 1.82) is 0 Å². The average Bonchev–Trinajstić information content (AvgIpc) is 3.53. The first-order chi connectivity index (χ1) is 15.4. The van der Waals surface area contributed by atoms with E-state index in [1.54, 1.807) is 38.2 Å². The summed E-state index contributed by atoms with van der Waals surface area (Å²) in [6.07, 6.45) is 4.91. The van der Waals surface area contributed by atoms with Crippen LogP contribution in [0.25, 0.3) is 11.3 Å². The van der Waals surface area contributed by atoms with Gasteiger partial charge in [0.1, 0.15) is 17.1 Å². The predicted molar refractivity (Wildman–Crippen MR) is 116 cm³/mol. The standard InChI is InChI=1S/C21H22N8O3/c1-28-12-13(10-23-28)9-22-21(31)19-18(11-24-29(19)2)25-20(30)17-8-16(26-27-17)14-4-6-15(32-3)7-5-14/h4-8,10-12H,9H2,1-3H3,(H,22,31)(H,25,30)(H,26,27). The third kappa shape index (κ3) is 4.36. The largest absolute Gasteiger partial charge is 0.497 e. The van der Waals surface area contributed by atoms with Gasteiger partial charge in [0.2, 0.25) is 0 Å². The van der Waals surface area contributed by atoms with Gasteiger partial charge in [-0.2, -0.15) is 15.3 Å². The number of nitrogens with one attached hydrogen (secondary N) is 3. The summed E-state index contributed by atoms with van der Waals surface area (Å²) in [5.41, 5.74) is 3.08. The van der Waals surface area contributed by atoms with Crippen LogP contribution in [-0.2, 0) is 20.6 Å². The first-order valence-electron chi connectivity index (χ1n) is 9.73. The van der Waals surface area contributed by atoms with Crippen molar-refractivity contribution in [3.63, 3.8) is 0 Å². The maximum Gasteiger partial charge on any atom is 0.273 e. The molecule has 3 N–H and O–H groups in total. The Hall–Kier alpha value is -4.41. The molecule has 0 unspecified atom stereocenters. The van der Waals surface area contributed by atoms with Gasteiger partial charge in [-0.15, -0.1) is 0 Å². The van der Waals surface area contributed by atoms with E-state index in [9.17, 15) is 9.59 Å². The molecule has 4 aromatic rings. The summed E-state index contributed by atoms with van der Waals surface area (Å²) < 4.78 is 8.22. The van der Waals surface area contributed by atoms with E-state index < -0.39 is 5.91 Å². The molecule has 0 aliphatic carbocycles. The number of ether oxygens (including phenoxy) is 1. The van der Waals surface area contributed by atoms with E-state index in [-0.39, 0.29) is 17.3 Å². The second-order valence-corrected chi connectivity index (χ2v) is 7.08. The molecule has 3 heterocycles. The molecular weight excluding hydrogens is 412 g/mol. The number of methoxy groups -OCH3 is 1. The summed E-state index contributed by atoms with van der Waals surface area (Å²) in [5.74, 6) is -0.0765. The lowest BCUT2D eigenvalue weighted by atomic mass is 10.1. The number of hydrogen-bond acceptors (Lipinski definition) is 6. The molecule has 164 valence electrons. The van der Waals surface area contributed by atoms with Gasteiger partial charge in [0.15, 0.2) is 0 Å². The minimum atomic E-state index is -0.438. The Bertz CT molecular complexity index is 1250. The van der Waals surface area contributed by atoms with E-state index in [1.165, 1.54) is 10.9 Å². The summed E-state index contributed by atoms with van der Waals surface area (Å²) in [7, 11) is 5.03. The molecule has 0 aliphatic heterocycles. The van der Waals surface area contributed by atoms with Crippen LogP contribution in [0.15, 0.2) is 48.9 Å². The average molecular weight is 434 g/mol. The molecule has 0 saturated carbocycles. The molecule has 0 radical (unpaired) electrons. The Morgan fingerprint density at radius 1 is 1.09 bits per heavy atom. The lowest BCUT2D eigenvalue weighted by Crippen LogP contribution is -2.26. The van der Waals surface area contributed by atoms with Crippen molar-refractivity contribution in [1.82, 2.24) is 35.1 Å². The Morgan fingerprint density at radius 2 is 1.88 bits per heavy atom. The quantitative estimate of drug-likeness (QED) is 0.406. The normalized spacial score (nSPS) is 10.7. The van der Waals surface area contributed by atoms with E-state index in [0.717, 1.165) is 16.9 Å². The zero-order chi connectivity index (χ0) is 22.7.